The Labute approximate surface area is 172 Å². The van der Waals surface area contributed by atoms with E-state index in [1.54, 1.807) is 0 Å². The lowest BCUT2D eigenvalue weighted by Crippen LogP contribution is -2.17. The van der Waals surface area contributed by atoms with Crippen molar-refractivity contribution in [3.8, 4) is 5.75 Å². The van der Waals surface area contributed by atoms with Crippen LogP contribution in [0.4, 0.5) is 18.9 Å². The van der Waals surface area contributed by atoms with Crippen LogP contribution in [0.5, 0.6) is 5.75 Å². The van der Waals surface area contributed by atoms with E-state index in [0.29, 0.717) is 5.75 Å². The van der Waals surface area contributed by atoms with Gasteiger partial charge in [0.05, 0.1) is 11.3 Å². The molecular weight excluding hydrogens is 395 g/mol. The average molecular weight is 417 g/mol. The molecule has 5 nitrogen and oxygen atoms in total. The largest absolute Gasteiger partial charge is 0.471 e. The first kappa shape index (κ1) is 21.4. The maximum atomic E-state index is 13.1. The number of nitrogens with zero attached hydrogens (tertiary/aromatic N) is 2. The highest BCUT2D eigenvalue weighted by Crippen LogP contribution is 2.34. The van der Waals surface area contributed by atoms with Crippen LogP contribution in [0.25, 0.3) is 0 Å². The van der Waals surface area contributed by atoms with Crippen LogP contribution in [0.3, 0.4) is 0 Å². The molecule has 0 aliphatic carbocycles. The van der Waals surface area contributed by atoms with Crippen LogP contribution in [0, 0.1) is 0 Å². The van der Waals surface area contributed by atoms with Crippen molar-refractivity contribution >= 4 is 11.6 Å². The van der Waals surface area contributed by atoms with Crippen LogP contribution in [0.15, 0.2) is 60.8 Å². The molecule has 1 amide bonds. The number of benzene rings is 2. The van der Waals surface area contributed by atoms with E-state index in [1.165, 1.54) is 40.7 Å². The van der Waals surface area contributed by atoms with Gasteiger partial charge in [-0.1, -0.05) is 45.0 Å². The smallest absolute Gasteiger partial charge is 0.418 e. The van der Waals surface area contributed by atoms with E-state index in [9.17, 15) is 18.0 Å². The van der Waals surface area contributed by atoms with Crippen molar-refractivity contribution in [1.29, 1.82) is 0 Å². The number of aromatic nitrogens is 2. The molecule has 0 saturated heterocycles. The molecule has 8 heteroatoms. The van der Waals surface area contributed by atoms with Gasteiger partial charge in [0.2, 0.25) is 0 Å². The highest BCUT2D eigenvalue weighted by molar-refractivity contribution is 6.03. The topological polar surface area (TPSA) is 56.1 Å². The van der Waals surface area contributed by atoms with Crippen LogP contribution < -0.4 is 10.1 Å². The van der Waals surface area contributed by atoms with Crippen molar-refractivity contribution in [2.45, 2.75) is 39.1 Å². The van der Waals surface area contributed by atoms with E-state index < -0.39 is 17.6 Å². The molecule has 0 aliphatic heterocycles. The molecule has 1 heterocycles. The summed E-state index contributed by atoms with van der Waals surface area (Å²) in [5.41, 5.74) is -0.0432. The number of hydrogen-bond donors (Lipinski definition) is 1. The number of hydrogen-bond acceptors (Lipinski definition) is 3. The normalized spacial score (nSPS) is 11.9. The third-order valence-electron chi connectivity index (χ3n) is 4.44. The minimum absolute atomic E-state index is 0.0151. The Balaban J connectivity index is 1.63. The number of rotatable bonds is 5. The van der Waals surface area contributed by atoms with Crippen LogP contribution in [0.2, 0.25) is 0 Å². The van der Waals surface area contributed by atoms with E-state index in [0.717, 1.165) is 6.07 Å². The summed E-state index contributed by atoms with van der Waals surface area (Å²) in [5, 5.41) is 6.33. The molecule has 2 aromatic carbocycles. The molecule has 3 aromatic rings. The highest BCUT2D eigenvalue weighted by atomic mass is 19.4. The third-order valence-corrected chi connectivity index (χ3v) is 4.44. The van der Waals surface area contributed by atoms with Crippen LogP contribution in [0.1, 0.15) is 42.4 Å². The number of anilines is 1. The van der Waals surface area contributed by atoms with Gasteiger partial charge in [0, 0.05) is 6.20 Å². The summed E-state index contributed by atoms with van der Waals surface area (Å²) in [5.74, 6) is -0.0939. The van der Waals surface area contributed by atoms with Gasteiger partial charge in [0.25, 0.3) is 5.91 Å². The monoisotopic (exact) mass is 417 g/mol. The molecule has 0 atom stereocenters. The fraction of sp³-hybridized carbons (Fsp3) is 0.273. The lowest BCUT2D eigenvalue weighted by molar-refractivity contribution is -0.136. The minimum atomic E-state index is -4.57. The standard InChI is InChI=1S/C22H22F3N3O2/c1-21(2,3)15-8-10-16(11-9-15)30-14-28-13-12-19(27-28)20(29)26-18-7-5-4-6-17(18)22(23,24)25/h4-13H,14H2,1-3H3,(H,26,29). The minimum Gasteiger partial charge on any atom is -0.471 e. The summed E-state index contributed by atoms with van der Waals surface area (Å²) in [6, 6.07) is 13.9. The van der Waals surface area contributed by atoms with Crippen LogP contribution in [-0.4, -0.2) is 15.7 Å². The Morgan fingerprint density at radius 3 is 2.33 bits per heavy atom. The lowest BCUT2D eigenvalue weighted by atomic mass is 9.87. The lowest BCUT2D eigenvalue weighted by Gasteiger charge is -2.19. The van der Waals surface area contributed by atoms with Crippen molar-refractivity contribution in [1.82, 2.24) is 9.78 Å². The molecule has 30 heavy (non-hydrogen) atoms. The number of carbonyl (C=O) groups excluding carboxylic acids is 1. The Hall–Kier alpha value is -3.29. The number of halogens is 3. The van der Waals surface area contributed by atoms with Crippen LogP contribution in [-0.2, 0) is 18.3 Å². The molecule has 3 rings (SSSR count). The van der Waals surface area contributed by atoms with Crippen LogP contribution >= 0.6 is 0 Å². The summed E-state index contributed by atoms with van der Waals surface area (Å²) in [6.07, 6.45) is -3.05. The third kappa shape index (κ3) is 5.20. The van der Waals surface area contributed by atoms with E-state index in [-0.39, 0.29) is 23.5 Å². The molecular formula is C22H22F3N3O2. The van der Waals surface area contributed by atoms with Gasteiger partial charge < -0.3 is 10.1 Å². The van der Waals surface area contributed by atoms with Gasteiger partial charge in [-0.05, 0) is 41.3 Å². The van der Waals surface area contributed by atoms with Gasteiger partial charge in [0.15, 0.2) is 12.4 Å². The number of carbonyl (C=O) groups is 1. The number of alkyl halides is 3. The van der Waals surface area contributed by atoms with E-state index in [4.69, 9.17) is 4.74 Å². The molecule has 1 N–H and O–H groups in total. The number of para-hydroxylation sites is 1. The maximum Gasteiger partial charge on any atom is 0.418 e. The first-order valence-electron chi connectivity index (χ1n) is 9.28. The first-order valence-corrected chi connectivity index (χ1v) is 9.28. The second-order valence-corrected chi connectivity index (χ2v) is 7.79. The van der Waals surface area contributed by atoms with Gasteiger partial charge in [-0.2, -0.15) is 18.3 Å². The molecule has 1 aromatic heterocycles. The van der Waals surface area contributed by atoms with Gasteiger partial charge in [0.1, 0.15) is 5.75 Å². The summed E-state index contributed by atoms with van der Waals surface area (Å²) < 4.78 is 46.3. The van der Waals surface area contributed by atoms with Crippen molar-refractivity contribution in [2.75, 3.05) is 5.32 Å². The molecule has 0 saturated carbocycles. The molecule has 0 spiro atoms. The molecule has 158 valence electrons. The Kier molecular flexibility index (Phi) is 5.87. The number of nitrogens with one attached hydrogen (secondary N) is 1. The second-order valence-electron chi connectivity index (χ2n) is 7.79. The van der Waals surface area contributed by atoms with Gasteiger partial charge in [-0.25, -0.2) is 4.68 Å². The van der Waals surface area contributed by atoms with Crippen molar-refractivity contribution < 1.29 is 22.7 Å². The van der Waals surface area contributed by atoms with Crippen molar-refractivity contribution in [3.05, 3.63) is 77.6 Å². The molecule has 0 bridgehead atoms. The van der Waals surface area contributed by atoms with Crippen molar-refractivity contribution in [3.63, 3.8) is 0 Å². The predicted molar refractivity (Wildman–Crippen MR) is 107 cm³/mol. The van der Waals surface area contributed by atoms with E-state index in [2.05, 4.69) is 31.2 Å². The molecule has 0 fully saturated rings. The molecule has 0 radical (unpaired) electrons. The number of ether oxygens (including phenoxy) is 1. The fourth-order valence-corrected chi connectivity index (χ4v) is 2.77. The quantitative estimate of drug-likeness (QED) is 0.597. The van der Waals surface area contributed by atoms with Gasteiger partial charge in [-0.3, -0.25) is 4.79 Å². The fourth-order valence-electron chi connectivity index (χ4n) is 2.77. The molecule has 0 aliphatic rings. The zero-order valence-corrected chi connectivity index (χ0v) is 16.8. The summed E-state index contributed by atoms with van der Waals surface area (Å²) >= 11 is 0. The summed E-state index contributed by atoms with van der Waals surface area (Å²) in [4.78, 5) is 12.3. The summed E-state index contributed by atoms with van der Waals surface area (Å²) in [7, 11) is 0. The zero-order chi connectivity index (χ0) is 21.9. The summed E-state index contributed by atoms with van der Waals surface area (Å²) in [6.45, 7) is 6.41. The van der Waals surface area contributed by atoms with Gasteiger partial charge in [-0.15, -0.1) is 0 Å². The first-order chi connectivity index (χ1) is 14.0. The molecule has 0 unspecified atom stereocenters. The highest BCUT2D eigenvalue weighted by Gasteiger charge is 2.33. The average Bonchev–Trinajstić information content (AvgIpc) is 3.15. The SMILES string of the molecule is CC(C)(C)c1ccc(OCn2ccc(C(=O)Nc3ccccc3C(F)(F)F)n2)cc1. The maximum absolute atomic E-state index is 13.1. The predicted octanol–water partition coefficient (Wildman–Crippen LogP) is 5.49. The Bertz CT molecular complexity index is 1020. The van der Waals surface area contributed by atoms with E-state index in [1.807, 2.05) is 24.3 Å². The number of amides is 1. The Morgan fingerprint density at radius 2 is 1.70 bits per heavy atom. The van der Waals surface area contributed by atoms with E-state index >= 15 is 0 Å². The zero-order valence-electron chi connectivity index (χ0n) is 16.8. The van der Waals surface area contributed by atoms with Crippen molar-refractivity contribution in [2.24, 2.45) is 0 Å². The second kappa shape index (κ2) is 8.22. The van der Waals surface area contributed by atoms with Gasteiger partial charge >= 0.3 is 6.18 Å². The Morgan fingerprint density at radius 1 is 1.03 bits per heavy atom.